The summed E-state index contributed by atoms with van der Waals surface area (Å²) in [5.74, 6) is 2.46. The Bertz CT molecular complexity index is 958. The highest BCUT2D eigenvalue weighted by Gasteiger charge is 2.11. The van der Waals surface area contributed by atoms with E-state index in [0.717, 1.165) is 40.4 Å². The van der Waals surface area contributed by atoms with Gasteiger partial charge in [0.15, 0.2) is 11.5 Å². The fourth-order valence-electron chi connectivity index (χ4n) is 3.02. The van der Waals surface area contributed by atoms with Crippen LogP contribution in [0.3, 0.4) is 0 Å². The summed E-state index contributed by atoms with van der Waals surface area (Å²) in [5, 5.41) is 13.4. The highest BCUT2D eigenvalue weighted by Crippen LogP contribution is 2.34. The smallest absolute Gasteiger partial charge is 0.161 e. The van der Waals surface area contributed by atoms with E-state index >= 15 is 0 Å². The number of methoxy groups -OCH3 is 1. The lowest BCUT2D eigenvalue weighted by atomic mass is 10.0. The molecule has 0 aliphatic rings. The molecule has 1 heterocycles. The molecule has 5 heteroatoms. The Morgan fingerprint density at radius 3 is 2.38 bits per heavy atom. The van der Waals surface area contributed by atoms with Gasteiger partial charge >= 0.3 is 0 Å². The highest BCUT2D eigenvalue weighted by molar-refractivity contribution is 7.99. The van der Waals surface area contributed by atoms with Crippen molar-refractivity contribution in [2.24, 2.45) is 0 Å². The number of benzene rings is 2. The lowest BCUT2D eigenvalue weighted by molar-refractivity contribution is 0.373. The van der Waals surface area contributed by atoms with E-state index in [4.69, 9.17) is 9.72 Å². The first-order valence-corrected chi connectivity index (χ1v) is 10.9. The average Bonchev–Trinajstić information content (AvgIpc) is 2.74. The second-order valence-electron chi connectivity index (χ2n) is 6.92. The number of hydrogen-bond donors (Lipinski definition) is 2. The number of phenols is 1. The van der Waals surface area contributed by atoms with E-state index in [0.29, 0.717) is 11.8 Å². The molecule has 0 aliphatic heterocycles. The third-order valence-electron chi connectivity index (χ3n) is 4.81. The number of nitrogens with one attached hydrogen (secondary N) is 1. The molecular weight excluding hydrogens is 380 g/mol. The minimum Gasteiger partial charge on any atom is -0.504 e. The van der Waals surface area contributed by atoms with Crippen molar-refractivity contribution >= 4 is 17.6 Å². The van der Waals surface area contributed by atoms with Gasteiger partial charge in [0, 0.05) is 16.5 Å². The molecule has 0 saturated carbocycles. The summed E-state index contributed by atoms with van der Waals surface area (Å²) in [5.41, 5.74) is 3.97. The molecule has 0 radical (unpaired) electrons. The van der Waals surface area contributed by atoms with E-state index in [1.54, 1.807) is 13.2 Å². The van der Waals surface area contributed by atoms with Crippen molar-refractivity contribution < 1.29 is 9.84 Å². The SMILES string of the molecule is CCSc1ccc(-c2cc(NC(C)CC)nc(-c3ccc(O)c(OC)c3)c2)cc1. The molecule has 2 aromatic carbocycles. The summed E-state index contributed by atoms with van der Waals surface area (Å²) in [6.07, 6.45) is 1.01. The van der Waals surface area contributed by atoms with Crippen molar-refractivity contribution in [2.75, 3.05) is 18.2 Å². The van der Waals surface area contributed by atoms with Gasteiger partial charge in [-0.2, -0.15) is 0 Å². The van der Waals surface area contributed by atoms with Gasteiger partial charge in [-0.25, -0.2) is 4.98 Å². The zero-order valence-corrected chi connectivity index (χ0v) is 18.2. The van der Waals surface area contributed by atoms with Crippen LogP contribution in [-0.2, 0) is 0 Å². The van der Waals surface area contributed by atoms with E-state index < -0.39 is 0 Å². The van der Waals surface area contributed by atoms with Crippen LogP contribution in [0.5, 0.6) is 11.5 Å². The van der Waals surface area contributed by atoms with Gasteiger partial charge in [0.2, 0.25) is 0 Å². The maximum atomic E-state index is 9.93. The molecule has 0 saturated heterocycles. The molecular formula is C24H28N2O2S. The van der Waals surface area contributed by atoms with Gasteiger partial charge < -0.3 is 15.2 Å². The van der Waals surface area contributed by atoms with Crippen molar-refractivity contribution in [2.45, 2.75) is 38.1 Å². The van der Waals surface area contributed by atoms with E-state index in [2.05, 4.69) is 62.5 Å². The number of aromatic hydroxyl groups is 1. The predicted octanol–water partition coefficient (Wildman–Crippen LogP) is 6.45. The molecule has 0 spiro atoms. The highest BCUT2D eigenvalue weighted by atomic mass is 32.2. The molecule has 1 aromatic heterocycles. The van der Waals surface area contributed by atoms with Gasteiger partial charge in [-0.1, -0.05) is 26.0 Å². The number of rotatable bonds is 8. The molecule has 0 amide bonds. The van der Waals surface area contributed by atoms with Crippen LogP contribution < -0.4 is 10.1 Å². The number of anilines is 1. The Balaban J connectivity index is 2.06. The minimum absolute atomic E-state index is 0.120. The number of nitrogens with zero attached hydrogens (tertiary/aromatic N) is 1. The lowest BCUT2D eigenvalue weighted by Crippen LogP contribution is -2.14. The van der Waals surface area contributed by atoms with Crippen LogP contribution in [0.4, 0.5) is 5.82 Å². The van der Waals surface area contributed by atoms with Gasteiger partial charge in [0.1, 0.15) is 5.82 Å². The lowest BCUT2D eigenvalue weighted by Gasteiger charge is -2.16. The number of pyridine rings is 1. The summed E-state index contributed by atoms with van der Waals surface area (Å²) >= 11 is 1.84. The molecule has 152 valence electrons. The fourth-order valence-corrected chi connectivity index (χ4v) is 3.68. The van der Waals surface area contributed by atoms with Crippen LogP contribution in [0.15, 0.2) is 59.5 Å². The zero-order valence-electron chi connectivity index (χ0n) is 17.4. The first kappa shape index (κ1) is 21.1. The predicted molar refractivity (Wildman–Crippen MR) is 123 cm³/mol. The first-order chi connectivity index (χ1) is 14.0. The second kappa shape index (κ2) is 9.70. The molecule has 29 heavy (non-hydrogen) atoms. The molecule has 1 unspecified atom stereocenters. The van der Waals surface area contributed by atoms with E-state index in [9.17, 15) is 5.11 Å². The van der Waals surface area contributed by atoms with Crippen molar-refractivity contribution in [1.29, 1.82) is 0 Å². The third kappa shape index (κ3) is 5.24. The molecule has 0 bridgehead atoms. The minimum atomic E-state index is 0.120. The van der Waals surface area contributed by atoms with Crippen LogP contribution in [-0.4, -0.2) is 29.0 Å². The summed E-state index contributed by atoms with van der Waals surface area (Å²) < 4.78 is 5.27. The molecule has 4 nitrogen and oxygen atoms in total. The van der Waals surface area contributed by atoms with Crippen molar-refractivity contribution in [3.05, 3.63) is 54.6 Å². The average molecular weight is 409 g/mol. The molecule has 2 N–H and O–H groups in total. The maximum Gasteiger partial charge on any atom is 0.161 e. The largest absolute Gasteiger partial charge is 0.504 e. The number of thioether (sulfide) groups is 1. The Kier molecular flexibility index (Phi) is 7.04. The first-order valence-electron chi connectivity index (χ1n) is 9.93. The summed E-state index contributed by atoms with van der Waals surface area (Å²) in [4.78, 5) is 6.09. The van der Waals surface area contributed by atoms with Gasteiger partial charge in [0.05, 0.1) is 12.8 Å². The van der Waals surface area contributed by atoms with Crippen molar-refractivity contribution in [3.63, 3.8) is 0 Å². The third-order valence-corrected chi connectivity index (χ3v) is 5.70. The number of hydrogen-bond acceptors (Lipinski definition) is 5. The number of ether oxygens (including phenoxy) is 1. The maximum absolute atomic E-state index is 9.93. The van der Waals surface area contributed by atoms with Gasteiger partial charge in [0.25, 0.3) is 0 Å². The number of phenolic OH excluding ortho intramolecular Hbond substituents is 1. The van der Waals surface area contributed by atoms with E-state index in [-0.39, 0.29) is 5.75 Å². The van der Waals surface area contributed by atoms with Crippen molar-refractivity contribution in [1.82, 2.24) is 4.98 Å². The Morgan fingerprint density at radius 1 is 1.00 bits per heavy atom. The fraction of sp³-hybridized carbons (Fsp3) is 0.292. The van der Waals surface area contributed by atoms with E-state index in [1.165, 1.54) is 4.90 Å². The normalized spacial score (nSPS) is 11.9. The standard InChI is InChI=1S/C24H28N2O2S/c1-5-16(3)25-24-15-19(17-7-10-20(11-8-17)29-6-2)13-21(26-24)18-9-12-22(27)23(14-18)28-4/h7-16,27H,5-6H2,1-4H3,(H,25,26). The second-order valence-corrected chi connectivity index (χ2v) is 8.26. The molecule has 3 aromatic rings. The number of aromatic nitrogens is 1. The molecule has 0 aliphatic carbocycles. The molecule has 3 rings (SSSR count). The quantitative estimate of drug-likeness (QED) is 0.419. The monoisotopic (exact) mass is 408 g/mol. The summed E-state index contributed by atoms with van der Waals surface area (Å²) in [6, 6.07) is 18.4. The van der Waals surface area contributed by atoms with Gasteiger partial charge in [-0.05, 0) is 72.7 Å². The van der Waals surface area contributed by atoms with Gasteiger partial charge in [-0.15, -0.1) is 11.8 Å². The summed E-state index contributed by atoms with van der Waals surface area (Å²) in [7, 11) is 1.55. The Hall–Kier alpha value is -2.66. The Labute approximate surface area is 177 Å². The summed E-state index contributed by atoms with van der Waals surface area (Å²) in [6.45, 7) is 6.46. The van der Waals surface area contributed by atoms with E-state index in [1.807, 2.05) is 23.9 Å². The van der Waals surface area contributed by atoms with Crippen LogP contribution in [0.25, 0.3) is 22.4 Å². The van der Waals surface area contributed by atoms with Crippen LogP contribution in [0, 0.1) is 0 Å². The Morgan fingerprint density at radius 2 is 1.72 bits per heavy atom. The van der Waals surface area contributed by atoms with Gasteiger partial charge in [-0.3, -0.25) is 0 Å². The molecule has 0 fully saturated rings. The zero-order chi connectivity index (χ0) is 20.8. The van der Waals surface area contributed by atoms with Crippen LogP contribution >= 0.6 is 11.8 Å². The van der Waals surface area contributed by atoms with Crippen molar-refractivity contribution in [3.8, 4) is 33.9 Å². The molecule has 1 atom stereocenters. The topological polar surface area (TPSA) is 54.4 Å². The van der Waals surface area contributed by atoms with Crippen LogP contribution in [0.2, 0.25) is 0 Å². The van der Waals surface area contributed by atoms with Crippen LogP contribution in [0.1, 0.15) is 27.2 Å².